The van der Waals surface area contributed by atoms with Gasteiger partial charge >= 0.3 is 6.18 Å². The minimum Gasteiger partial charge on any atom is -0.361 e. The second-order valence-electron chi connectivity index (χ2n) is 5.58. The molecule has 0 unspecified atom stereocenters. The number of hydrogen-bond donors (Lipinski definition) is 1. The molecule has 134 valence electrons. The summed E-state index contributed by atoms with van der Waals surface area (Å²) in [5.74, 6) is 0.315. The number of nitrogens with one attached hydrogen (secondary N) is 1. The van der Waals surface area contributed by atoms with Gasteiger partial charge < -0.3 is 15.1 Å². The zero-order valence-corrected chi connectivity index (χ0v) is 14.1. The van der Waals surface area contributed by atoms with Crippen LogP contribution in [-0.4, -0.2) is 49.0 Å². The van der Waals surface area contributed by atoms with Crippen molar-refractivity contribution >= 4 is 23.4 Å². The molecule has 25 heavy (non-hydrogen) atoms. The molecule has 2 aromatic heterocycles. The third-order valence-corrected chi connectivity index (χ3v) is 3.14. The molecule has 10 heteroatoms. The van der Waals surface area contributed by atoms with Crippen molar-refractivity contribution in [1.29, 1.82) is 0 Å². The van der Waals surface area contributed by atoms with Gasteiger partial charge in [-0.2, -0.15) is 18.2 Å². The minimum atomic E-state index is -4.55. The summed E-state index contributed by atoms with van der Waals surface area (Å²) in [5.41, 5.74) is -0.730. The number of amides is 1. The number of hydrogen-bond acceptors (Lipinski definition) is 6. The lowest BCUT2D eigenvalue weighted by Crippen LogP contribution is -2.21. The van der Waals surface area contributed by atoms with Crippen LogP contribution in [0.15, 0.2) is 24.5 Å². The van der Waals surface area contributed by atoms with Crippen molar-refractivity contribution in [2.45, 2.75) is 6.18 Å². The molecule has 0 fully saturated rings. The first-order valence-corrected chi connectivity index (χ1v) is 7.16. The Morgan fingerprint density at radius 1 is 1.04 bits per heavy atom. The third-order valence-electron chi connectivity index (χ3n) is 3.14. The highest BCUT2D eigenvalue weighted by atomic mass is 19.4. The maximum atomic E-state index is 12.5. The summed E-state index contributed by atoms with van der Waals surface area (Å²) in [4.78, 5) is 27.4. The molecular formula is C15H17F3N6O. The zero-order valence-electron chi connectivity index (χ0n) is 14.1. The second kappa shape index (κ2) is 6.91. The van der Waals surface area contributed by atoms with Crippen LogP contribution >= 0.6 is 0 Å². The molecule has 1 N–H and O–H groups in total. The molecule has 0 spiro atoms. The van der Waals surface area contributed by atoms with Crippen molar-refractivity contribution in [2.24, 2.45) is 0 Å². The Bertz CT molecular complexity index is 759. The van der Waals surface area contributed by atoms with Gasteiger partial charge in [-0.3, -0.25) is 9.78 Å². The quantitative estimate of drug-likeness (QED) is 0.908. The van der Waals surface area contributed by atoms with Crippen molar-refractivity contribution < 1.29 is 18.0 Å². The molecule has 7 nitrogen and oxygen atoms in total. The molecule has 0 aliphatic rings. The normalized spacial score (nSPS) is 11.2. The van der Waals surface area contributed by atoms with E-state index in [1.165, 1.54) is 6.20 Å². The molecule has 1 amide bonds. The lowest BCUT2D eigenvalue weighted by atomic mass is 10.2. The second-order valence-corrected chi connectivity index (χ2v) is 5.58. The van der Waals surface area contributed by atoms with Gasteiger partial charge in [-0.05, 0) is 12.1 Å². The van der Waals surface area contributed by atoms with Crippen LogP contribution in [0.5, 0.6) is 0 Å². The van der Waals surface area contributed by atoms with Crippen molar-refractivity contribution in [3.05, 3.63) is 35.8 Å². The zero-order chi connectivity index (χ0) is 18.8. The van der Waals surface area contributed by atoms with Gasteiger partial charge in [-0.25, -0.2) is 4.98 Å². The summed E-state index contributed by atoms with van der Waals surface area (Å²) in [5, 5.41) is 2.59. The summed E-state index contributed by atoms with van der Waals surface area (Å²) in [6.07, 6.45) is -2.24. The number of aromatic nitrogens is 3. The third kappa shape index (κ3) is 4.34. The highest BCUT2D eigenvalue weighted by Crippen LogP contribution is 2.27. The largest absolute Gasteiger partial charge is 0.433 e. The van der Waals surface area contributed by atoms with Gasteiger partial charge in [0.2, 0.25) is 5.95 Å². The minimum absolute atomic E-state index is 0.00519. The first-order valence-electron chi connectivity index (χ1n) is 7.16. The number of carbonyl (C=O) groups is 1. The van der Waals surface area contributed by atoms with Gasteiger partial charge in [0.1, 0.15) is 11.4 Å². The number of rotatable bonds is 4. The topological polar surface area (TPSA) is 74.2 Å². The predicted molar refractivity (Wildman–Crippen MR) is 87.9 cm³/mol. The summed E-state index contributed by atoms with van der Waals surface area (Å²) in [6, 6.07) is 1.82. The fraction of sp³-hybridized carbons (Fsp3) is 0.333. The lowest BCUT2D eigenvalue weighted by molar-refractivity contribution is -0.141. The predicted octanol–water partition coefficient (Wildman–Crippen LogP) is 2.27. The molecule has 0 radical (unpaired) electrons. The SMILES string of the molecule is CN(C)c1ncc(NC(=O)c2ccc(C(F)(F)F)nc2)c(N(C)C)n1. The number of halogens is 3. The van der Waals surface area contributed by atoms with E-state index in [2.05, 4.69) is 20.3 Å². The maximum absolute atomic E-state index is 12.5. The Hall–Kier alpha value is -2.91. The van der Waals surface area contributed by atoms with E-state index in [9.17, 15) is 18.0 Å². The highest BCUT2D eigenvalue weighted by Gasteiger charge is 2.32. The van der Waals surface area contributed by atoms with Crippen LogP contribution in [0.3, 0.4) is 0 Å². The standard InChI is InChI=1S/C15H17F3N6O/c1-23(2)12-10(8-20-14(22-12)24(3)4)21-13(25)9-5-6-11(19-7-9)15(16,17)18/h5-8H,1-4H3,(H,21,25). The number of alkyl halides is 3. The fourth-order valence-corrected chi connectivity index (χ4v) is 1.90. The molecule has 0 aliphatic heterocycles. The Morgan fingerprint density at radius 2 is 1.72 bits per heavy atom. The summed E-state index contributed by atoms with van der Waals surface area (Å²) in [6.45, 7) is 0. The van der Waals surface area contributed by atoms with Crippen LogP contribution in [0.25, 0.3) is 0 Å². The molecule has 0 atom stereocenters. The van der Waals surface area contributed by atoms with Crippen LogP contribution in [0.1, 0.15) is 16.1 Å². The average Bonchev–Trinajstić information content (AvgIpc) is 2.54. The first-order chi connectivity index (χ1) is 11.6. The average molecular weight is 354 g/mol. The number of anilines is 3. The molecule has 2 aromatic rings. The number of nitrogens with zero attached hydrogens (tertiary/aromatic N) is 5. The lowest BCUT2D eigenvalue weighted by Gasteiger charge is -2.19. The van der Waals surface area contributed by atoms with E-state index < -0.39 is 17.8 Å². The Labute approximate surface area is 142 Å². The van der Waals surface area contributed by atoms with E-state index in [0.29, 0.717) is 17.5 Å². The van der Waals surface area contributed by atoms with Crippen molar-refractivity contribution in [1.82, 2.24) is 15.0 Å². The summed E-state index contributed by atoms with van der Waals surface area (Å²) >= 11 is 0. The van der Waals surface area contributed by atoms with Crippen molar-refractivity contribution in [3.8, 4) is 0 Å². The van der Waals surface area contributed by atoms with E-state index >= 15 is 0 Å². The Morgan fingerprint density at radius 3 is 2.20 bits per heavy atom. The van der Waals surface area contributed by atoms with Gasteiger partial charge in [-0.1, -0.05) is 0 Å². The van der Waals surface area contributed by atoms with Gasteiger partial charge in [0, 0.05) is 34.4 Å². The van der Waals surface area contributed by atoms with Gasteiger partial charge in [0.05, 0.1) is 11.8 Å². The Balaban J connectivity index is 2.25. The monoisotopic (exact) mass is 354 g/mol. The van der Waals surface area contributed by atoms with Gasteiger partial charge in [0.25, 0.3) is 5.91 Å². The molecule has 0 saturated carbocycles. The van der Waals surface area contributed by atoms with Crippen molar-refractivity contribution in [2.75, 3.05) is 43.3 Å². The van der Waals surface area contributed by atoms with E-state index in [1.54, 1.807) is 38.0 Å². The van der Waals surface area contributed by atoms with E-state index in [0.717, 1.165) is 18.3 Å². The fourth-order valence-electron chi connectivity index (χ4n) is 1.90. The van der Waals surface area contributed by atoms with Crippen LogP contribution < -0.4 is 15.1 Å². The van der Waals surface area contributed by atoms with E-state index in [-0.39, 0.29) is 5.56 Å². The molecule has 0 bridgehead atoms. The molecule has 0 saturated heterocycles. The maximum Gasteiger partial charge on any atom is 0.433 e. The Kier molecular flexibility index (Phi) is 5.10. The highest BCUT2D eigenvalue weighted by molar-refractivity contribution is 6.05. The molecule has 0 aromatic carbocycles. The number of pyridine rings is 1. The first kappa shape index (κ1) is 18.4. The molecular weight excluding hydrogens is 337 g/mol. The summed E-state index contributed by atoms with van der Waals surface area (Å²) < 4.78 is 37.6. The van der Waals surface area contributed by atoms with Crippen LogP contribution in [0, 0.1) is 0 Å². The van der Waals surface area contributed by atoms with Crippen LogP contribution in [-0.2, 0) is 6.18 Å². The van der Waals surface area contributed by atoms with Crippen LogP contribution in [0.2, 0.25) is 0 Å². The smallest absolute Gasteiger partial charge is 0.361 e. The van der Waals surface area contributed by atoms with Crippen LogP contribution in [0.4, 0.5) is 30.6 Å². The van der Waals surface area contributed by atoms with Gasteiger partial charge in [0.15, 0.2) is 5.82 Å². The van der Waals surface area contributed by atoms with Crippen molar-refractivity contribution in [3.63, 3.8) is 0 Å². The number of carbonyl (C=O) groups excluding carboxylic acids is 1. The molecule has 2 rings (SSSR count). The van der Waals surface area contributed by atoms with E-state index in [1.807, 2.05) is 0 Å². The summed E-state index contributed by atoms with van der Waals surface area (Å²) in [7, 11) is 7.05. The molecule has 0 aliphatic carbocycles. The molecule has 2 heterocycles. The van der Waals surface area contributed by atoms with E-state index in [4.69, 9.17) is 0 Å². The van der Waals surface area contributed by atoms with Gasteiger partial charge in [-0.15, -0.1) is 0 Å².